The van der Waals surface area contributed by atoms with Gasteiger partial charge in [-0.1, -0.05) is 0 Å². The molecule has 4 nitrogen and oxygen atoms in total. The molecule has 0 unspecified atom stereocenters. The fourth-order valence-corrected chi connectivity index (χ4v) is 2.61. The van der Waals surface area contributed by atoms with E-state index >= 15 is 0 Å². The van der Waals surface area contributed by atoms with Crippen LogP contribution < -0.4 is 0 Å². The number of piperidine rings is 1. The van der Waals surface area contributed by atoms with Gasteiger partial charge in [-0.25, -0.2) is 0 Å². The molecule has 4 heteroatoms. The first-order valence-electron chi connectivity index (χ1n) is 6.28. The van der Waals surface area contributed by atoms with E-state index in [0.717, 1.165) is 45.4 Å². The minimum Gasteiger partial charge on any atom is -0.396 e. The lowest BCUT2D eigenvalue weighted by molar-refractivity contribution is -0.136. The Morgan fingerprint density at radius 1 is 1.31 bits per heavy atom. The molecule has 0 bridgehead atoms. The van der Waals surface area contributed by atoms with Gasteiger partial charge in [-0.3, -0.25) is 4.79 Å². The second-order valence-electron chi connectivity index (χ2n) is 4.84. The number of rotatable bonds is 3. The molecule has 1 amide bonds. The van der Waals surface area contributed by atoms with Gasteiger partial charge in [0.2, 0.25) is 5.91 Å². The largest absolute Gasteiger partial charge is 0.396 e. The van der Waals surface area contributed by atoms with Crippen LogP contribution in [0.2, 0.25) is 0 Å². The number of carbonyl (C=O) groups is 1. The van der Waals surface area contributed by atoms with E-state index < -0.39 is 0 Å². The van der Waals surface area contributed by atoms with E-state index in [9.17, 15) is 4.79 Å². The first-order valence-corrected chi connectivity index (χ1v) is 6.28. The van der Waals surface area contributed by atoms with Crippen molar-refractivity contribution in [3.05, 3.63) is 0 Å². The SMILES string of the molecule is O=C([C@H]1CCOC1)N1CCC(CCO)CC1. The number of ether oxygens (including phenoxy) is 1. The average molecular weight is 227 g/mol. The summed E-state index contributed by atoms with van der Waals surface area (Å²) in [6.07, 6.45) is 3.85. The predicted molar refractivity (Wildman–Crippen MR) is 59.9 cm³/mol. The van der Waals surface area contributed by atoms with Gasteiger partial charge >= 0.3 is 0 Å². The highest BCUT2D eigenvalue weighted by molar-refractivity contribution is 5.79. The molecule has 2 aliphatic rings. The number of nitrogens with zero attached hydrogens (tertiary/aromatic N) is 1. The molecule has 2 aliphatic heterocycles. The fraction of sp³-hybridized carbons (Fsp3) is 0.917. The number of aliphatic hydroxyl groups is 1. The van der Waals surface area contributed by atoms with Crippen molar-refractivity contribution in [2.75, 3.05) is 32.9 Å². The normalized spacial score (nSPS) is 27.3. The number of hydrogen-bond acceptors (Lipinski definition) is 3. The van der Waals surface area contributed by atoms with Crippen molar-refractivity contribution in [2.45, 2.75) is 25.7 Å². The standard InChI is InChI=1S/C12H21NO3/c14-7-3-10-1-5-13(6-2-10)12(15)11-4-8-16-9-11/h10-11,14H,1-9H2/t11-/m0/s1. The third-order valence-electron chi connectivity index (χ3n) is 3.74. The third kappa shape index (κ3) is 2.74. The number of aliphatic hydroxyl groups excluding tert-OH is 1. The molecule has 2 heterocycles. The Kier molecular flexibility index (Phi) is 4.18. The molecule has 92 valence electrons. The van der Waals surface area contributed by atoms with Crippen molar-refractivity contribution < 1.29 is 14.6 Å². The van der Waals surface area contributed by atoms with E-state index in [4.69, 9.17) is 9.84 Å². The Labute approximate surface area is 96.6 Å². The summed E-state index contributed by atoms with van der Waals surface area (Å²) in [5.41, 5.74) is 0. The topological polar surface area (TPSA) is 49.8 Å². The second-order valence-corrected chi connectivity index (χ2v) is 4.84. The first kappa shape index (κ1) is 11.9. The van der Waals surface area contributed by atoms with Crippen LogP contribution in [0.5, 0.6) is 0 Å². The fourth-order valence-electron chi connectivity index (χ4n) is 2.61. The smallest absolute Gasteiger partial charge is 0.228 e. The molecular weight excluding hydrogens is 206 g/mol. The Hall–Kier alpha value is -0.610. The van der Waals surface area contributed by atoms with Crippen molar-refractivity contribution in [2.24, 2.45) is 11.8 Å². The van der Waals surface area contributed by atoms with Crippen LogP contribution in [0.3, 0.4) is 0 Å². The molecule has 0 aromatic carbocycles. The van der Waals surface area contributed by atoms with E-state index in [-0.39, 0.29) is 18.4 Å². The summed E-state index contributed by atoms with van der Waals surface area (Å²) in [5, 5.41) is 8.87. The molecule has 0 aromatic heterocycles. The summed E-state index contributed by atoms with van der Waals surface area (Å²) in [6, 6.07) is 0. The summed E-state index contributed by atoms with van der Waals surface area (Å²) < 4.78 is 5.25. The van der Waals surface area contributed by atoms with Crippen LogP contribution in [0.15, 0.2) is 0 Å². The lowest BCUT2D eigenvalue weighted by atomic mass is 9.93. The van der Waals surface area contributed by atoms with E-state index in [0.29, 0.717) is 12.5 Å². The van der Waals surface area contributed by atoms with E-state index in [1.54, 1.807) is 0 Å². The lowest BCUT2D eigenvalue weighted by Gasteiger charge is -2.33. The molecule has 0 aromatic rings. The van der Waals surface area contributed by atoms with Gasteiger partial charge in [-0.05, 0) is 31.6 Å². The number of amides is 1. The quantitative estimate of drug-likeness (QED) is 0.770. The van der Waals surface area contributed by atoms with Gasteiger partial charge in [0.25, 0.3) is 0 Å². The minimum atomic E-state index is 0.106. The maximum Gasteiger partial charge on any atom is 0.228 e. The van der Waals surface area contributed by atoms with Crippen LogP contribution in [0.4, 0.5) is 0 Å². The summed E-state index contributed by atoms with van der Waals surface area (Å²) >= 11 is 0. The summed E-state index contributed by atoms with van der Waals surface area (Å²) in [7, 11) is 0. The zero-order chi connectivity index (χ0) is 11.4. The van der Waals surface area contributed by atoms with Crippen molar-refractivity contribution in [3.8, 4) is 0 Å². The van der Waals surface area contributed by atoms with Crippen molar-refractivity contribution in [1.29, 1.82) is 0 Å². The van der Waals surface area contributed by atoms with Crippen molar-refractivity contribution in [1.82, 2.24) is 4.90 Å². The van der Waals surface area contributed by atoms with Gasteiger partial charge in [-0.15, -0.1) is 0 Å². The van der Waals surface area contributed by atoms with Gasteiger partial charge in [0.15, 0.2) is 0 Å². The molecule has 0 saturated carbocycles. The Bertz CT molecular complexity index is 230. The van der Waals surface area contributed by atoms with Crippen LogP contribution in [0.25, 0.3) is 0 Å². The van der Waals surface area contributed by atoms with Gasteiger partial charge in [0.05, 0.1) is 12.5 Å². The summed E-state index contributed by atoms with van der Waals surface area (Å²) in [4.78, 5) is 14.0. The number of carbonyl (C=O) groups excluding carboxylic acids is 1. The first-order chi connectivity index (χ1) is 7.81. The predicted octanol–water partition coefficient (Wildman–Crippen LogP) is 0.644. The maximum absolute atomic E-state index is 12.1. The summed E-state index contributed by atoms with van der Waals surface area (Å²) in [5.74, 6) is 0.989. The maximum atomic E-state index is 12.1. The van der Waals surface area contributed by atoms with Crippen LogP contribution in [0.1, 0.15) is 25.7 Å². The van der Waals surface area contributed by atoms with E-state index in [1.165, 1.54) is 0 Å². The monoisotopic (exact) mass is 227 g/mol. The molecule has 0 aliphatic carbocycles. The highest BCUT2D eigenvalue weighted by Crippen LogP contribution is 2.23. The van der Waals surface area contributed by atoms with Gasteiger partial charge in [0.1, 0.15) is 0 Å². The van der Waals surface area contributed by atoms with Crippen LogP contribution >= 0.6 is 0 Å². The number of likely N-dealkylation sites (tertiary alicyclic amines) is 1. The second kappa shape index (κ2) is 5.64. The lowest BCUT2D eigenvalue weighted by Crippen LogP contribution is -2.42. The van der Waals surface area contributed by atoms with E-state index in [2.05, 4.69) is 0 Å². The minimum absolute atomic E-state index is 0.106. The molecule has 0 spiro atoms. The Morgan fingerprint density at radius 2 is 2.06 bits per heavy atom. The number of hydrogen-bond donors (Lipinski definition) is 1. The molecule has 16 heavy (non-hydrogen) atoms. The Balaban J connectivity index is 1.77. The molecule has 1 atom stereocenters. The average Bonchev–Trinajstić information content (AvgIpc) is 2.83. The van der Waals surface area contributed by atoms with Gasteiger partial charge < -0.3 is 14.7 Å². The highest BCUT2D eigenvalue weighted by Gasteiger charge is 2.30. The van der Waals surface area contributed by atoms with Gasteiger partial charge in [0, 0.05) is 26.3 Å². The molecule has 2 fully saturated rings. The molecule has 2 rings (SSSR count). The van der Waals surface area contributed by atoms with Crippen LogP contribution in [0, 0.1) is 11.8 Å². The highest BCUT2D eigenvalue weighted by atomic mass is 16.5. The zero-order valence-electron chi connectivity index (χ0n) is 9.73. The van der Waals surface area contributed by atoms with Crippen LogP contribution in [-0.2, 0) is 9.53 Å². The Morgan fingerprint density at radius 3 is 2.62 bits per heavy atom. The van der Waals surface area contributed by atoms with Crippen molar-refractivity contribution >= 4 is 5.91 Å². The zero-order valence-corrected chi connectivity index (χ0v) is 9.73. The van der Waals surface area contributed by atoms with Crippen LogP contribution in [-0.4, -0.2) is 48.8 Å². The molecule has 0 radical (unpaired) electrons. The third-order valence-corrected chi connectivity index (χ3v) is 3.74. The summed E-state index contributed by atoms with van der Waals surface area (Å²) in [6.45, 7) is 3.34. The van der Waals surface area contributed by atoms with Gasteiger partial charge in [-0.2, -0.15) is 0 Å². The molecule has 2 saturated heterocycles. The molecule has 1 N–H and O–H groups in total. The van der Waals surface area contributed by atoms with Crippen molar-refractivity contribution in [3.63, 3.8) is 0 Å². The van der Waals surface area contributed by atoms with E-state index in [1.807, 2.05) is 4.90 Å². The molecular formula is C12H21NO3.